The van der Waals surface area contributed by atoms with Crippen LogP contribution < -0.4 is 5.32 Å². The van der Waals surface area contributed by atoms with Crippen molar-refractivity contribution in [3.8, 4) is 0 Å². The van der Waals surface area contributed by atoms with Gasteiger partial charge in [0, 0.05) is 32.2 Å². The Kier molecular flexibility index (Phi) is 2.58. The number of nitrogens with zero attached hydrogens (tertiary/aromatic N) is 1. The van der Waals surface area contributed by atoms with Gasteiger partial charge in [0.2, 0.25) is 0 Å². The van der Waals surface area contributed by atoms with Gasteiger partial charge in [-0.25, -0.2) is 0 Å². The maximum absolute atomic E-state index is 5.82. The Morgan fingerprint density at radius 1 is 1.54 bits per heavy atom. The van der Waals surface area contributed by atoms with Crippen molar-refractivity contribution < 1.29 is 4.74 Å². The summed E-state index contributed by atoms with van der Waals surface area (Å²) >= 11 is 0. The monoisotopic (exact) mass is 184 g/mol. The zero-order chi connectivity index (χ0) is 9.31. The summed E-state index contributed by atoms with van der Waals surface area (Å²) in [5.74, 6) is 0. The van der Waals surface area contributed by atoms with Crippen LogP contribution in [0.25, 0.3) is 0 Å². The quantitative estimate of drug-likeness (QED) is 0.675. The minimum Gasteiger partial charge on any atom is -0.370 e. The van der Waals surface area contributed by atoms with Crippen LogP contribution in [0, 0.1) is 0 Å². The van der Waals surface area contributed by atoms with E-state index in [0.29, 0.717) is 6.04 Å². The molecule has 0 aromatic heterocycles. The van der Waals surface area contributed by atoms with E-state index >= 15 is 0 Å². The van der Waals surface area contributed by atoms with Crippen LogP contribution in [-0.2, 0) is 4.74 Å². The first-order chi connectivity index (χ1) is 6.26. The number of rotatable bonds is 2. The average Bonchev–Trinajstić information content (AvgIpc) is 2.14. The molecule has 0 radical (unpaired) electrons. The Morgan fingerprint density at radius 2 is 2.31 bits per heavy atom. The van der Waals surface area contributed by atoms with Crippen LogP contribution in [0.4, 0.5) is 0 Å². The molecule has 3 heteroatoms. The molecule has 0 bridgehead atoms. The molecule has 13 heavy (non-hydrogen) atoms. The molecule has 3 nitrogen and oxygen atoms in total. The highest BCUT2D eigenvalue weighted by molar-refractivity contribution is 4.99. The lowest BCUT2D eigenvalue weighted by Gasteiger charge is -2.50. The first-order valence-corrected chi connectivity index (χ1v) is 5.34. The molecule has 2 aliphatic heterocycles. The van der Waals surface area contributed by atoms with Gasteiger partial charge in [0.15, 0.2) is 0 Å². The summed E-state index contributed by atoms with van der Waals surface area (Å²) in [5, 5.41) is 3.30. The van der Waals surface area contributed by atoms with Crippen molar-refractivity contribution in [1.29, 1.82) is 0 Å². The molecule has 0 amide bonds. The van der Waals surface area contributed by atoms with Crippen molar-refractivity contribution >= 4 is 0 Å². The summed E-state index contributed by atoms with van der Waals surface area (Å²) in [7, 11) is 0. The largest absolute Gasteiger partial charge is 0.370 e. The third kappa shape index (κ3) is 1.73. The highest BCUT2D eigenvalue weighted by Crippen LogP contribution is 2.23. The van der Waals surface area contributed by atoms with E-state index in [-0.39, 0.29) is 5.60 Å². The molecule has 1 atom stereocenters. The van der Waals surface area contributed by atoms with Gasteiger partial charge in [-0.3, -0.25) is 4.90 Å². The van der Waals surface area contributed by atoms with E-state index in [4.69, 9.17) is 4.74 Å². The molecule has 2 fully saturated rings. The maximum atomic E-state index is 5.82. The van der Waals surface area contributed by atoms with E-state index in [0.717, 1.165) is 32.8 Å². The van der Waals surface area contributed by atoms with Crippen LogP contribution in [0.15, 0.2) is 0 Å². The van der Waals surface area contributed by atoms with Crippen molar-refractivity contribution in [2.24, 2.45) is 0 Å². The molecule has 0 unspecified atom stereocenters. The zero-order valence-corrected chi connectivity index (χ0v) is 8.68. The summed E-state index contributed by atoms with van der Waals surface area (Å²) in [6.07, 6.45) is 1.24. The first kappa shape index (κ1) is 9.44. The second-order valence-electron chi connectivity index (χ2n) is 4.36. The summed E-state index contributed by atoms with van der Waals surface area (Å²) in [6, 6.07) is 0.710. The van der Waals surface area contributed by atoms with Gasteiger partial charge in [0.05, 0.1) is 6.61 Å². The Labute approximate surface area is 80.4 Å². The van der Waals surface area contributed by atoms with E-state index < -0.39 is 0 Å². The third-order valence-electron chi connectivity index (χ3n) is 3.39. The molecule has 1 N–H and O–H groups in total. The third-order valence-corrected chi connectivity index (χ3v) is 3.39. The van der Waals surface area contributed by atoms with E-state index in [2.05, 4.69) is 24.1 Å². The molecule has 2 rings (SSSR count). The van der Waals surface area contributed by atoms with Gasteiger partial charge in [-0.1, -0.05) is 6.92 Å². The van der Waals surface area contributed by atoms with Crippen molar-refractivity contribution in [3.05, 3.63) is 0 Å². The highest BCUT2D eigenvalue weighted by atomic mass is 16.5. The average molecular weight is 184 g/mol. The van der Waals surface area contributed by atoms with Crippen molar-refractivity contribution in [3.63, 3.8) is 0 Å². The van der Waals surface area contributed by atoms with Crippen LogP contribution in [0.3, 0.4) is 0 Å². The van der Waals surface area contributed by atoms with Gasteiger partial charge in [-0.2, -0.15) is 0 Å². The number of ether oxygens (including phenoxy) is 1. The molecule has 2 saturated heterocycles. The van der Waals surface area contributed by atoms with Crippen LogP contribution in [0.5, 0.6) is 0 Å². The van der Waals surface area contributed by atoms with E-state index in [9.17, 15) is 0 Å². The molecule has 1 spiro atoms. The number of hydrogen-bond donors (Lipinski definition) is 1. The number of nitrogens with one attached hydrogen (secondary N) is 1. The lowest BCUT2D eigenvalue weighted by Crippen LogP contribution is -2.69. The molecule has 0 aliphatic carbocycles. The molecule has 0 aromatic carbocycles. The topological polar surface area (TPSA) is 24.5 Å². The second-order valence-corrected chi connectivity index (χ2v) is 4.36. The lowest BCUT2D eigenvalue weighted by molar-refractivity contribution is -0.142. The van der Waals surface area contributed by atoms with Crippen molar-refractivity contribution in [1.82, 2.24) is 10.2 Å². The Morgan fingerprint density at radius 3 is 2.85 bits per heavy atom. The van der Waals surface area contributed by atoms with Crippen LogP contribution in [0.2, 0.25) is 0 Å². The molecule has 2 heterocycles. The minimum atomic E-state index is 0.168. The van der Waals surface area contributed by atoms with Gasteiger partial charge in [-0.05, 0) is 13.3 Å². The SMILES string of the molecule is CC[C@@H](C)N1CCOC2(CNC2)C1. The molecule has 0 aromatic rings. The molecular weight excluding hydrogens is 164 g/mol. The van der Waals surface area contributed by atoms with Gasteiger partial charge < -0.3 is 10.1 Å². The van der Waals surface area contributed by atoms with Crippen LogP contribution in [0.1, 0.15) is 20.3 Å². The fourth-order valence-electron chi connectivity index (χ4n) is 2.13. The standard InChI is InChI=1S/C10H20N2O/c1-3-9(2)12-4-5-13-10(8-12)6-11-7-10/h9,11H,3-8H2,1-2H3/t9-/m1/s1. The van der Waals surface area contributed by atoms with Crippen LogP contribution in [-0.4, -0.2) is 49.3 Å². The zero-order valence-electron chi connectivity index (χ0n) is 8.68. The van der Waals surface area contributed by atoms with Crippen molar-refractivity contribution in [2.45, 2.75) is 31.9 Å². The van der Waals surface area contributed by atoms with Gasteiger partial charge >= 0.3 is 0 Å². The molecule has 0 saturated carbocycles. The fourth-order valence-corrected chi connectivity index (χ4v) is 2.13. The Bertz CT molecular complexity index is 180. The molecular formula is C10H20N2O. The minimum absolute atomic E-state index is 0.168. The number of morpholine rings is 1. The number of hydrogen-bond acceptors (Lipinski definition) is 3. The summed E-state index contributed by atoms with van der Waals surface area (Å²) in [5.41, 5.74) is 0.168. The van der Waals surface area contributed by atoms with E-state index in [1.54, 1.807) is 0 Å². The van der Waals surface area contributed by atoms with Gasteiger partial charge in [0.25, 0.3) is 0 Å². The van der Waals surface area contributed by atoms with Crippen molar-refractivity contribution in [2.75, 3.05) is 32.8 Å². The normalized spacial score (nSPS) is 30.0. The fraction of sp³-hybridized carbons (Fsp3) is 1.00. The highest BCUT2D eigenvalue weighted by Gasteiger charge is 2.42. The van der Waals surface area contributed by atoms with Gasteiger partial charge in [-0.15, -0.1) is 0 Å². The van der Waals surface area contributed by atoms with E-state index in [1.165, 1.54) is 6.42 Å². The molecule has 76 valence electrons. The maximum Gasteiger partial charge on any atom is 0.106 e. The smallest absolute Gasteiger partial charge is 0.106 e. The Balaban J connectivity index is 1.92. The van der Waals surface area contributed by atoms with Gasteiger partial charge in [0.1, 0.15) is 5.60 Å². The lowest BCUT2D eigenvalue weighted by atomic mass is 9.94. The summed E-state index contributed by atoms with van der Waals surface area (Å²) in [6.45, 7) is 9.79. The molecule has 2 aliphatic rings. The van der Waals surface area contributed by atoms with E-state index in [1.807, 2.05) is 0 Å². The first-order valence-electron chi connectivity index (χ1n) is 5.34. The second kappa shape index (κ2) is 3.56. The summed E-state index contributed by atoms with van der Waals surface area (Å²) in [4.78, 5) is 2.56. The van der Waals surface area contributed by atoms with Crippen LogP contribution >= 0.6 is 0 Å². The predicted molar refractivity (Wildman–Crippen MR) is 52.9 cm³/mol. The summed E-state index contributed by atoms with van der Waals surface area (Å²) < 4.78 is 5.82. The predicted octanol–water partition coefficient (Wildman–Crippen LogP) is 0.459. The Hall–Kier alpha value is -0.120.